The second-order valence-electron chi connectivity index (χ2n) is 11.7. The zero-order valence-electron chi connectivity index (χ0n) is 18.3. The average Bonchev–Trinajstić information content (AvgIpc) is 2.34. The van der Waals surface area contributed by atoms with Gasteiger partial charge in [-0.1, -0.05) is 75.8 Å². The number of rotatable bonds is 4. The van der Waals surface area contributed by atoms with E-state index >= 15 is 0 Å². The molecule has 1 atom stereocenters. The van der Waals surface area contributed by atoms with E-state index in [0.717, 1.165) is 18.1 Å². The van der Waals surface area contributed by atoms with Crippen LogP contribution < -0.4 is 0 Å². The smallest absolute Gasteiger partial charge is 0.0982 e. The zero-order valence-corrected chi connectivity index (χ0v) is 18.3. The van der Waals surface area contributed by atoms with Gasteiger partial charge < -0.3 is 4.74 Å². The summed E-state index contributed by atoms with van der Waals surface area (Å²) in [5, 5.41) is 0. The van der Waals surface area contributed by atoms with Crippen LogP contribution in [-0.4, -0.2) is 6.10 Å². The normalized spacial score (nSPS) is 25.9. The van der Waals surface area contributed by atoms with Gasteiger partial charge in [-0.05, 0) is 54.3 Å². The molecule has 1 saturated carbocycles. The predicted molar refractivity (Wildman–Crippen MR) is 107 cm³/mol. The van der Waals surface area contributed by atoms with Gasteiger partial charge in [0.2, 0.25) is 0 Å². The van der Waals surface area contributed by atoms with Gasteiger partial charge in [0.15, 0.2) is 0 Å². The highest BCUT2D eigenvalue weighted by Gasteiger charge is 2.44. The maximum atomic E-state index is 6.50. The maximum Gasteiger partial charge on any atom is 0.0982 e. The van der Waals surface area contributed by atoms with Gasteiger partial charge in [0, 0.05) is 5.41 Å². The molecule has 0 N–H and O–H groups in total. The molecule has 0 saturated heterocycles. The van der Waals surface area contributed by atoms with Gasteiger partial charge in [0.1, 0.15) is 0 Å². The molecule has 0 amide bonds. The molecule has 0 aromatic heterocycles. The maximum absolute atomic E-state index is 6.50. The molecule has 1 unspecified atom stereocenters. The summed E-state index contributed by atoms with van der Waals surface area (Å²) in [5.74, 6) is 1.83. The first kappa shape index (κ1) is 21.6. The lowest BCUT2D eigenvalue weighted by Crippen LogP contribution is -2.40. The molecule has 0 aromatic carbocycles. The third-order valence-corrected chi connectivity index (χ3v) is 6.36. The van der Waals surface area contributed by atoms with Gasteiger partial charge in [-0.2, -0.15) is 0 Å². The van der Waals surface area contributed by atoms with Crippen molar-refractivity contribution in [3.8, 4) is 0 Å². The minimum Gasteiger partial charge on any atom is -0.495 e. The SMILES string of the molecule is C=C(OC1CCC(C(C)(C)C)CC1)C(C)(CC(C)(C)C)C(C)(C)C. The van der Waals surface area contributed by atoms with Crippen molar-refractivity contribution in [1.29, 1.82) is 0 Å². The van der Waals surface area contributed by atoms with Crippen molar-refractivity contribution in [1.82, 2.24) is 0 Å². The molecule has 0 heterocycles. The number of allylic oxidation sites excluding steroid dienone is 1. The second-order valence-corrected chi connectivity index (χ2v) is 11.7. The molecular formula is C23H44O. The topological polar surface area (TPSA) is 9.23 Å². The van der Waals surface area contributed by atoms with Crippen LogP contribution in [0.2, 0.25) is 0 Å². The van der Waals surface area contributed by atoms with E-state index in [0.29, 0.717) is 11.5 Å². The van der Waals surface area contributed by atoms with Gasteiger partial charge in [-0.15, -0.1) is 0 Å². The van der Waals surface area contributed by atoms with Crippen LogP contribution in [0.4, 0.5) is 0 Å². The predicted octanol–water partition coefficient (Wildman–Crippen LogP) is 7.61. The monoisotopic (exact) mass is 336 g/mol. The largest absolute Gasteiger partial charge is 0.495 e. The van der Waals surface area contributed by atoms with Crippen molar-refractivity contribution < 1.29 is 4.74 Å². The standard InChI is InChI=1S/C23H44O/c1-17(23(11,22(8,9)10)16-20(2,3)4)24-19-14-12-18(13-15-19)21(5,6)7/h18-19H,1,12-16H2,2-11H3. The van der Waals surface area contributed by atoms with Crippen LogP contribution in [-0.2, 0) is 4.74 Å². The third-order valence-electron chi connectivity index (χ3n) is 6.36. The summed E-state index contributed by atoms with van der Waals surface area (Å²) in [4.78, 5) is 0. The summed E-state index contributed by atoms with van der Waals surface area (Å²) in [6.07, 6.45) is 6.38. The highest BCUT2D eigenvalue weighted by atomic mass is 16.5. The van der Waals surface area contributed by atoms with E-state index < -0.39 is 0 Å². The molecule has 0 spiro atoms. The highest BCUT2D eigenvalue weighted by molar-refractivity contribution is 5.09. The molecule has 1 aliphatic rings. The van der Waals surface area contributed by atoms with Crippen LogP contribution in [0.5, 0.6) is 0 Å². The third kappa shape index (κ3) is 5.53. The minimum absolute atomic E-state index is 0.00781. The Hall–Kier alpha value is -0.460. The van der Waals surface area contributed by atoms with Crippen molar-refractivity contribution in [2.24, 2.45) is 27.6 Å². The Bertz CT molecular complexity index is 418. The molecule has 142 valence electrons. The van der Waals surface area contributed by atoms with Crippen molar-refractivity contribution in [2.75, 3.05) is 0 Å². The van der Waals surface area contributed by atoms with Crippen molar-refractivity contribution >= 4 is 0 Å². The fourth-order valence-corrected chi connectivity index (χ4v) is 4.22. The number of hydrogen-bond donors (Lipinski definition) is 0. The molecule has 0 radical (unpaired) electrons. The van der Waals surface area contributed by atoms with Gasteiger partial charge in [0.05, 0.1) is 11.9 Å². The Morgan fingerprint density at radius 3 is 1.62 bits per heavy atom. The van der Waals surface area contributed by atoms with Crippen molar-refractivity contribution in [3.05, 3.63) is 12.3 Å². The summed E-state index contributed by atoms with van der Waals surface area (Å²) in [6, 6.07) is 0. The Labute approximate surface area is 152 Å². The molecule has 0 bridgehead atoms. The summed E-state index contributed by atoms with van der Waals surface area (Å²) in [7, 11) is 0. The van der Waals surface area contributed by atoms with Gasteiger partial charge >= 0.3 is 0 Å². The first-order chi connectivity index (χ1) is 10.6. The summed E-state index contributed by atoms with van der Waals surface area (Å²) in [5.41, 5.74) is 0.818. The van der Waals surface area contributed by atoms with E-state index in [9.17, 15) is 0 Å². The van der Waals surface area contributed by atoms with Crippen molar-refractivity contribution in [2.45, 2.75) is 107 Å². The van der Waals surface area contributed by atoms with E-state index in [4.69, 9.17) is 4.74 Å². The fraction of sp³-hybridized carbons (Fsp3) is 0.913. The van der Waals surface area contributed by atoms with Crippen LogP contribution in [0.3, 0.4) is 0 Å². The van der Waals surface area contributed by atoms with E-state index in [-0.39, 0.29) is 16.2 Å². The summed E-state index contributed by atoms with van der Waals surface area (Å²) >= 11 is 0. The molecule has 1 nitrogen and oxygen atoms in total. The molecule has 1 aliphatic carbocycles. The van der Waals surface area contributed by atoms with Crippen LogP contribution in [0, 0.1) is 27.6 Å². The first-order valence-electron chi connectivity index (χ1n) is 9.92. The molecule has 0 aromatic rings. The first-order valence-corrected chi connectivity index (χ1v) is 9.92. The second kappa shape index (κ2) is 7.04. The van der Waals surface area contributed by atoms with E-state index in [2.05, 4.69) is 75.8 Å². The molecule has 24 heavy (non-hydrogen) atoms. The molecular weight excluding hydrogens is 292 g/mol. The van der Waals surface area contributed by atoms with Gasteiger partial charge in [-0.3, -0.25) is 0 Å². The van der Waals surface area contributed by atoms with E-state index in [1.54, 1.807) is 0 Å². The molecule has 1 rings (SSSR count). The molecule has 0 aliphatic heterocycles. The zero-order chi connectivity index (χ0) is 19.0. The Kier molecular flexibility index (Phi) is 6.33. The lowest BCUT2D eigenvalue weighted by molar-refractivity contribution is -0.0267. The minimum atomic E-state index is -0.00781. The average molecular weight is 337 g/mol. The Balaban J connectivity index is 2.77. The molecule has 1 heteroatoms. The van der Waals surface area contributed by atoms with Crippen LogP contribution >= 0.6 is 0 Å². The van der Waals surface area contributed by atoms with Crippen molar-refractivity contribution in [3.63, 3.8) is 0 Å². The quantitative estimate of drug-likeness (QED) is 0.480. The molecule has 1 fully saturated rings. The Morgan fingerprint density at radius 1 is 0.833 bits per heavy atom. The number of ether oxygens (including phenoxy) is 1. The van der Waals surface area contributed by atoms with Crippen LogP contribution in [0.25, 0.3) is 0 Å². The van der Waals surface area contributed by atoms with E-state index in [1.165, 1.54) is 25.7 Å². The lowest BCUT2D eigenvalue weighted by Gasteiger charge is -2.47. The van der Waals surface area contributed by atoms with E-state index in [1.807, 2.05) is 0 Å². The Morgan fingerprint density at radius 2 is 1.29 bits per heavy atom. The van der Waals surface area contributed by atoms with Gasteiger partial charge in [-0.25, -0.2) is 0 Å². The fourth-order valence-electron chi connectivity index (χ4n) is 4.22. The van der Waals surface area contributed by atoms with Gasteiger partial charge in [0.25, 0.3) is 0 Å². The lowest BCUT2D eigenvalue weighted by atomic mass is 9.60. The summed E-state index contributed by atoms with van der Waals surface area (Å²) in [6.45, 7) is 27.8. The van der Waals surface area contributed by atoms with Crippen LogP contribution in [0.1, 0.15) is 101 Å². The highest BCUT2D eigenvalue weighted by Crippen LogP contribution is 2.52. The number of hydrogen-bond acceptors (Lipinski definition) is 1. The summed E-state index contributed by atoms with van der Waals surface area (Å²) < 4.78 is 6.50. The van der Waals surface area contributed by atoms with Crippen LogP contribution in [0.15, 0.2) is 12.3 Å².